The molecule has 4 aliphatic heterocycles. The van der Waals surface area contributed by atoms with Gasteiger partial charge in [-0.05, 0) is 64.0 Å². The van der Waals surface area contributed by atoms with Gasteiger partial charge in [0, 0.05) is 66.2 Å². The number of hydrogen-bond donors (Lipinski definition) is 19. The summed E-state index contributed by atoms with van der Waals surface area (Å²) in [7, 11) is 3.42. The second-order valence-electron chi connectivity index (χ2n) is 22.4. The zero-order valence-corrected chi connectivity index (χ0v) is 55.0. The van der Waals surface area contributed by atoms with Gasteiger partial charge in [0.05, 0.1) is 19.6 Å². The van der Waals surface area contributed by atoms with Crippen LogP contribution in [0.3, 0.4) is 0 Å². The van der Waals surface area contributed by atoms with E-state index in [2.05, 4.69) is 78.8 Å². The van der Waals surface area contributed by atoms with E-state index < -0.39 is 192 Å². The van der Waals surface area contributed by atoms with Gasteiger partial charge in [-0.3, -0.25) is 77.1 Å². The highest BCUT2D eigenvalue weighted by Crippen LogP contribution is 2.27. The van der Waals surface area contributed by atoms with Crippen molar-refractivity contribution in [1.82, 2.24) is 73.7 Å². The van der Waals surface area contributed by atoms with Crippen molar-refractivity contribution in [2.75, 3.05) is 55.8 Å². The van der Waals surface area contributed by atoms with E-state index in [0.717, 1.165) is 48.1 Å². The van der Waals surface area contributed by atoms with Crippen molar-refractivity contribution in [1.29, 1.82) is 0 Å². The highest BCUT2D eigenvalue weighted by Gasteiger charge is 2.42. The van der Waals surface area contributed by atoms with Gasteiger partial charge in [0.15, 0.2) is 11.9 Å². The number of aliphatic imine (C=N–C) groups is 2. The first kappa shape index (κ1) is 75.3. The summed E-state index contributed by atoms with van der Waals surface area (Å²) in [5.41, 5.74) is 23.5. The van der Waals surface area contributed by atoms with Crippen molar-refractivity contribution in [2.45, 2.75) is 138 Å². The summed E-state index contributed by atoms with van der Waals surface area (Å²) in [5.74, 6) is -17.0. The number of nitrogens with zero attached hydrogens (tertiary/aromatic N) is 3. The number of carbonyl (C=O) groups is 14. The number of carboxylic acid groups (broad SMARTS) is 1. The van der Waals surface area contributed by atoms with Gasteiger partial charge in [0.2, 0.25) is 76.8 Å². The van der Waals surface area contributed by atoms with Gasteiger partial charge in [-0.1, -0.05) is 61.4 Å². The number of aliphatic hydroxyl groups is 1. The van der Waals surface area contributed by atoms with Crippen LogP contribution in [0.15, 0.2) is 40.4 Å². The maximum Gasteiger partial charge on any atom is 0.305 e. The SMILES string of the molecule is C[C@@H]1NC(=O)[C@@H]2CSSC[C@@H]3NC(=O)[C@H](CSSC[C@H](NC(=O)[C@H](CCCN=C(N)N)NC(=O)[C@@H]4CCCN4C(=O)[C@H](CC(=O)O)NC(=O)[C@H](CO)NC3=O)C(=O)N[C@@H](C)C(=O)NC(Cc3c[nH]c4ccccc34)C(=O)N[C@@H](CCCN=C(N)N)C(=O)N2)NC(=O)CNC1=O. The standard InChI is InChI=1S/C55H80N20O16S4/c1-25-42(80)63-19-40(77)66-35-21-92-93-23-37-49(87)65-26(2)43(81)69-32(16-27-18-62-29-9-4-3-8-28(27)29)46(84)67-30(10-5-13-60-54(56)57)44(82)72-36(48(86)64-25)22-94-95-24-38(74-50(35)88)51(89)71-34(20-76)47(85)70-33(17-41(78)79)53(91)75-15-7-12-39(75)52(90)68-31(45(83)73-37)11-6-14-61-55(58)59/h3-4,8-9,18,25-26,30-39,62,76H,5-7,10-17,19-24H2,1-2H3,(H,63,80)(H,64,86)(H,65,87)(H,66,77)(H,67,84)(H,68,90)(H,69,81)(H,70,85)(H,71,89)(H,72,82)(H,73,83)(H,74,88)(H,78,79)(H4,56,57,60)(H4,58,59,61)/t25-,26-,30-,31-,32?,33-,34-,35-,36-,37-,38-,39-/m0/s1. The number of nitrogens with two attached hydrogens (primary N) is 4. The minimum absolute atomic E-state index is 0.0193. The van der Waals surface area contributed by atoms with Gasteiger partial charge in [0.25, 0.3) is 0 Å². The summed E-state index contributed by atoms with van der Waals surface area (Å²) >= 11 is 0. The predicted molar refractivity (Wildman–Crippen MR) is 351 cm³/mol. The Kier molecular flexibility index (Phi) is 29.1. The van der Waals surface area contributed by atoms with Crippen molar-refractivity contribution in [3.63, 3.8) is 0 Å². The topological polar surface area (TPSA) is 572 Å². The molecule has 520 valence electrons. The van der Waals surface area contributed by atoms with Crippen LogP contribution in [-0.2, 0) is 73.5 Å². The summed E-state index contributed by atoms with van der Waals surface area (Å²) in [6, 6.07) is -12.2. The van der Waals surface area contributed by atoms with Crippen LogP contribution in [0.4, 0.5) is 0 Å². The lowest BCUT2D eigenvalue weighted by Crippen LogP contribution is -2.61. The van der Waals surface area contributed by atoms with Crippen LogP contribution >= 0.6 is 43.2 Å². The molecule has 1 aromatic carbocycles. The molecule has 1 aromatic heterocycles. The van der Waals surface area contributed by atoms with Crippen molar-refractivity contribution in [3.05, 3.63) is 36.0 Å². The summed E-state index contributed by atoms with van der Waals surface area (Å²) in [6.07, 6.45) is 0.154. The maximum atomic E-state index is 14.9. The van der Waals surface area contributed by atoms with E-state index in [0.29, 0.717) is 16.5 Å². The quantitative estimate of drug-likeness (QED) is 0.0383. The summed E-state index contributed by atoms with van der Waals surface area (Å²) in [6.45, 7) is 0.316. The molecule has 23 N–H and O–H groups in total. The number of aromatic amines is 1. The third-order valence-corrected chi connectivity index (χ3v) is 20.0. The van der Waals surface area contributed by atoms with Gasteiger partial charge < -0.3 is 107 Å². The lowest BCUT2D eigenvalue weighted by atomic mass is 10.0. The molecular formula is C55H80N20O16S4. The minimum atomic E-state index is -1.96. The molecule has 40 heteroatoms. The number of H-pyrrole nitrogens is 1. The number of guanidine groups is 2. The number of carbonyl (C=O) groups excluding carboxylic acids is 13. The van der Waals surface area contributed by atoms with E-state index in [1.54, 1.807) is 30.5 Å². The van der Waals surface area contributed by atoms with Gasteiger partial charge in [0.1, 0.15) is 72.5 Å². The number of hydrogen-bond acceptors (Lipinski definition) is 21. The van der Waals surface area contributed by atoms with Gasteiger partial charge >= 0.3 is 5.97 Å². The fraction of sp³-hybridized carbons (Fsp3) is 0.564. The van der Waals surface area contributed by atoms with E-state index >= 15 is 0 Å². The summed E-state index contributed by atoms with van der Waals surface area (Å²) < 4.78 is 0. The Morgan fingerprint density at radius 2 is 1.00 bits per heavy atom. The largest absolute Gasteiger partial charge is 0.481 e. The number of rotatable bonds is 13. The molecule has 0 aliphatic carbocycles. The summed E-state index contributed by atoms with van der Waals surface area (Å²) in [5, 5.41) is 51.5. The maximum absolute atomic E-state index is 14.9. The van der Waals surface area contributed by atoms with Crippen molar-refractivity contribution in [3.8, 4) is 0 Å². The number of carboxylic acids is 1. The average molecular weight is 1410 g/mol. The van der Waals surface area contributed by atoms with Crippen molar-refractivity contribution >= 4 is 149 Å². The smallest absolute Gasteiger partial charge is 0.305 e. The van der Waals surface area contributed by atoms with Crippen molar-refractivity contribution < 1.29 is 77.3 Å². The Balaban J connectivity index is 1.51. The number of benzene rings is 1. The van der Waals surface area contributed by atoms with Crippen LogP contribution in [0.1, 0.15) is 64.4 Å². The molecule has 4 fully saturated rings. The molecule has 0 spiro atoms. The van der Waals surface area contributed by atoms with E-state index in [1.165, 1.54) is 13.8 Å². The number of para-hydroxylation sites is 1. The van der Waals surface area contributed by atoms with E-state index in [-0.39, 0.29) is 82.3 Å². The number of nitrogens with one attached hydrogen (secondary N) is 13. The number of aliphatic hydroxyl groups excluding tert-OH is 1. The highest BCUT2D eigenvalue weighted by atomic mass is 33.1. The van der Waals surface area contributed by atoms with Crippen LogP contribution in [0.5, 0.6) is 0 Å². The molecule has 12 atom stereocenters. The van der Waals surface area contributed by atoms with Crippen LogP contribution in [0.2, 0.25) is 0 Å². The van der Waals surface area contributed by atoms with Crippen LogP contribution < -0.4 is 86.7 Å². The van der Waals surface area contributed by atoms with Crippen molar-refractivity contribution in [2.24, 2.45) is 32.9 Å². The molecule has 2 aromatic rings. The third kappa shape index (κ3) is 23.0. The fourth-order valence-electron chi connectivity index (χ4n) is 10.1. The van der Waals surface area contributed by atoms with E-state index in [1.807, 2.05) is 0 Å². The fourth-order valence-corrected chi connectivity index (χ4v) is 14.7. The molecule has 6 rings (SSSR count). The Morgan fingerprint density at radius 3 is 1.55 bits per heavy atom. The van der Waals surface area contributed by atoms with Gasteiger partial charge in [-0.15, -0.1) is 0 Å². The second kappa shape index (κ2) is 36.8. The molecule has 36 nitrogen and oxygen atoms in total. The first-order valence-electron chi connectivity index (χ1n) is 30.1. The average Bonchev–Trinajstić information content (AvgIpc) is 1.74. The number of fused-ring (bicyclic) bond motifs is 10. The Bertz CT molecular complexity index is 3240. The first-order chi connectivity index (χ1) is 45.2. The number of aliphatic carboxylic acids is 1. The van der Waals surface area contributed by atoms with Crippen LogP contribution in [0, 0.1) is 0 Å². The van der Waals surface area contributed by atoms with Gasteiger partial charge in [-0.2, -0.15) is 0 Å². The predicted octanol–water partition coefficient (Wildman–Crippen LogP) is -7.43. The molecule has 4 bridgehead atoms. The number of aromatic nitrogens is 1. The monoisotopic (exact) mass is 1400 g/mol. The van der Waals surface area contributed by atoms with E-state index in [4.69, 9.17) is 22.9 Å². The first-order valence-corrected chi connectivity index (χ1v) is 35.1. The molecule has 5 heterocycles. The lowest BCUT2D eigenvalue weighted by Gasteiger charge is -2.30. The molecule has 0 saturated carbocycles. The third-order valence-electron chi connectivity index (χ3n) is 15.1. The van der Waals surface area contributed by atoms with Crippen LogP contribution in [0.25, 0.3) is 10.9 Å². The molecule has 4 aliphatic rings. The minimum Gasteiger partial charge on any atom is -0.481 e. The molecule has 13 amide bonds. The molecule has 95 heavy (non-hydrogen) atoms. The highest BCUT2D eigenvalue weighted by molar-refractivity contribution is 8.77. The van der Waals surface area contributed by atoms with Crippen LogP contribution in [-0.4, -0.2) is 243 Å². The molecule has 0 radical (unpaired) electrons. The zero-order valence-electron chi connectivity index (χ0n) is 51.7. The Morgan fingerprint density at radius 1 is 0.547 bits per heavy atom. The molecule has 4 saturated heterocycles. The van der Waals surface area contributed by atoms with Gasteiger partial charge in [-0.25, -0.2) is 0 Å². The molecular weight excluding hydrogens is 1320 g/mol. The molecule has 1 unspecified atom stereocenters. The Labute approximate surface area is 559 Å². The second-order valence-corrected chi connectivity index (χ2v) is 27.5. The normalized spacial score (nSPS) is 27.4. The van der Waals surface area contributed by atoms with E-state index in [9.17, 15) is 77.3 Å². The zero-order chi connectivity index (χ0) is 69.5. The summed E-state index contributed by atoms with van der Waals surface area (Å²) in [4.78, 5) is 211. The number of amides is 13. The Hall–Kier alpha value is -8.76. The lowest BCUT2D eigenvalue weighted by molar-refractivity contribution is -0.146.